The molecule has 8 nitrogen and oxygen atoms in total. The van der Waals surface area contributed by atoms with E-state index in [-0.39, 0.29) is 29.1 Å². The van der Waals surface area contributed by atoms with Gasteiger partial charge in [-0.25, -0.2) is 8.42 Å². The topological polar surface area (TPSA) is 96.0 Å². The lowest BCUT2D eigenvalue weighted by molar-refractivity contribution is -0.140. The second kappa shape index (κ2) is 15.8. The molecule has 0 aliphatic heterocycles. The standard InChI is InChI=1S/C33H43N3O5S2/c1-7-25(5)34-33(38)29(8-2)35(22-26-15-11-10-14-24(26)4)32(37)23-36(30-16-12-13-17-31(30)41-9-3)43(39,40)28-20-18-27(42-6)19-21-28/h10-21,25,29H,7-9,22-23H2,1-6H3,(H,34,38)/t25-,29+/m0/s1. The maximum atomic E-state index is 14.3. The molecule has 3 aromatic carbocycles. The lowest BCUT2D eigenvalue weighted by Crippen LogP contribution is -2.53. The second-order valence-corrected chi connectivity index (χ2v) is 13.0. The number of carbonyl (C=O) groups is 2. The third kappa shape index (κ3) is 8.54. The van der Waals surface area contributed by atoms with E-state index in [2.05, 4.69) is 5.32 Å². The number of hydrogen-bond donors (Lipinski definition) is 1. The van der Waals surface area contributed by atoms with Gasteiger partial charge in [-0.3, -0.25) is 13.9 Å². The van der Waals surface area contributed by atoms with Gasteiger partial charge in [0.2, 0.25) is 11.8 Å². The Morgan fingerprint density at radius 3 is 2.19 bits per heavy atom. The van der Waals surface area contributed by atoms with Crippen LogP contribution in [-0.4, -0.2) is 56.6 Å². The average molecular weight is 626 g/mol. The van der Waals surface area contributed by atoms with Crippen LogP contribution in [-0.2, 0) is 26.2 Å². The predicted octanol–water partition coefficient (Wildman–Crippen LogP) is 6.03. The van der Waals surface area contributed by atoms with Gasteiger partial charge in [0.05, 0.1) is 17.2 Å². The first-order valence-electron chi connectivity index (χ1n) is 14.6. The van der Waals surface area contributed by atoms with Gasteiger partial charge in [0.25, 0.3) is 10.0 Å². The fourth-order valence-electron chi connectivity index (χ4n) is 4.66. The third-order valence-electron chi connectivity index (χ3n) is 7.35. The highest BCUT2D eigenvalue weighted by atomic mass is 32.2. The van der Waals surface area contributed by atoms with Crippen molar-refractivity contribution in [3.63, 3.8) is 0 Å². The Labute approximate surface area is 260 Å². The highest BCUT2D eigenvalue weighted by Gasteiger charge is 2.35. The van der Waals surface area contributed by atoms with Gasteiger partial charge in [0.1, 0.15) is 18.3 Å². The average Bonchev–Trinajstić information content (AvgIpc) is 3.01. The number of benzene rings is 3. The van der Waals surface area contributed by atoms with E-state index in [0.29, 0.717) is 18.8 Å². The fraction of sp³-hybridized carbons (Fsp3) is 0.394. The number of nitrogens with one attached hydrogen (secondary N) is 1. The lowest BCUT2D eigenvalue weighted by atomic mass is 10.1. The van der Waals surface area contributed by atoms with Gasteiger partial charge in [-0.05, 0) is 87.4 Å². The summed E-state index contributed by atoms with van der Waals surface area (Å²) >= 11 is 1.51. The molecule has 2 amide bonds. The van der Waals surface area contributed by atoms with Crippen LogP contribution in [0.4, 0.5) is 5.69 Å². The molecule has 232 valence electrons. The van der Waals surface area contributed by atoms with Crippen molar-refractivity contribution < 1.29 is 22.7 Å². The van der Waals surface area contributed by atoms with Gasteiger partial charge in [-0.2, -0.15) is 0 Å². The predicted molar refractivity (Wildman–Crippen MR) is 174 cm³/mol. The molecule has 3 rings (SSSR count). The van der Waals surface area contributed by atoms with E-state index < -0.39 is 28.5 Å². The summed E-state index contributed by atoms with van der Waals surface area (Å²) in [7, 11) is -4.21. The van der Waals surface area contributed by atoms with E-state index in [1.807, 2.05) is 65.1 Å². The lowest BCUT2D eigenvalue weighted by Gasteiger charge is -2.34. The van der Waals surface area contributed by atoms with Crippen LogP contribution in [0.25, 0.3) is 0 Å². The van der Waals surface area contributed by atoms with Crippen molar-refractivity contribution in [2.45, 2.75) is 75.9 Å². The van der Waals surface area contributed by atoms with E-state index in [1.54, 1.807) is 48.5 Å². The number of nitrogens with zero attached hydrogens (tertiary/aromatic N) is 2. The monoisotopic (exact) mass is 625 g/mol. The summed E-state index contributed by atoms with van der Waals surface area (Å²) in [6, 6.07) is 20.1. The molecule has 0 fully saturated rings. The number of sulfonamides is 1. The van der Waals surface area contributed by atoms with Crippen molar-refractivity contribution in [3.8, 4) is 5.75 Å². The zero-order valence-corrected chi connectivity index (χ0v) is 27.5. The Kier molecular flexibility index (Phi) is 12.5. The molecule has 0 spiro atoms. The van der Waals surface area contributed by atoms with Gasteiger partial charge < -0.3 is 15.0 Å². The van der Waals surface area contributed by atoms with Gasteiger partial charge in [-0.15, -0.1) is 11.8 Å². The number of carbonyl (C=O) groups excluding carboxylic acids is 2. The number of ether oxygens (including phenoxy) is 1. The van der Waals surface area contributed by atoms with Crippen LogP contribution < -0.4 is 14.4 Å². The molecule has 0 aromatic heterocycles. The van der Waals surface area contributed by atoms with Crippen LogP contribution >= 0.6 is 11.8 Å². The van der Waals surface area contributed by atoms with Gasteiger partial charge in [0.15, 0.2) is 0 Å². The summed E-state index contributed by atoms with van der Waals surface area (Å²) in [5, 5.41) is 3.01. The first kappa shape index (κ1) is 34.0. The zero-order chi connectivity index (χ0) is 31.6. The van der Waals surface area contributed by atoms with Gasteiger partial charge >= 0.3 is 0 Å². The third-order valence-corrected chi connectivity index (χ3v) is 9.87. The van der Waals surface area contributed by atoms with Crippen LogP contribution in [0.2, 0.25) is 0 Å². The number of aryl methyl sites for hydroxylation is 1. The molecule has 43 heavy (non-hydrogen) atoms. The van der Waals surface area contributed by atoms with E-state index in [9.17, 15) is 18.0 Å². The van der Waals surface area contributed by atoms with Crippen molar-refractivity contribution in [1.82, 2.24) is 10.2 Å². The molecular weight excluding hydrogens is 583 g/mol. The number of anilines is 1. The molecule has 0 bridgehead atoms. The Bertz CT molecular complexity index is 1480. The maximum absolute atomic E-state index is 14.3. The Hall–Kier alpha value is -3.50. The van der Waals surface area contributed by atoms with Crippen LogP contribution in [0.1, 0.15) is 51.7 Å². The second-order valence-electron chi connectivity index (χ2n) is 10.3. The summed E-state index contributed by atoms with van der Waals surface area (Å²) in [6.07, 6.45) is 3.01. The van der Waals surface area contributed by atoms with Gasteiger partial charge in [0, 0.05) is 17.5 Å². The Morgan fingerprint density at radius 2 is 1.58 bits per heavy atom. The first-order valence-corrected chi connectivity index (χ1v) is 17.3. The molecule has 2 atom stereocenters. The number of thioether (sulfide) groups is 1. The minimum absolute atomic E-state index is 0.0522. The van der Waals surface area contributed by atoms with Crippen LogP contribution in [0, 0.1) is 6.92 Å². The van der Waals surface area contributed by atoms with Crippen LogP contribution in [0.5, 0.6) is 5.75 Å². The minimum Gasteiger partial charge on any atom is -0.492 e. The highest BCUT2D eigenvalue weighted by molar-refractivity contribution is 7.98. The first-order chi connectivity index (χ1) is 20.6. The summed E-state index contributed by atoms with van der Waals surface area (Å²) in [6.45, 7) is 9.46. The number of rotatable bonds is 15. The molecule has 10 heteroatoms. The summed E-state index contributed by atoms with van der Waals surface area (Å²) in [5.74, 6) is -0.422. The van der Waals surface area contributed by atoms with Crippen molar-refractivity contribution >= 4 is 39.3 Å². The van der Waals surface area contributed by atoms with E-state index in [0.717, 1.165) is 26.7 Å². The summed E-state index contributed by atoms with van der Waals surface area (Å²) in [4.78, 5) is 30.3. The van der Waals surface area contributed by atoms with Crippen LogP contribution in [0.15, 0.2) is 82.6 Å². The Balaban J connectivity index is 2.12. The normalized spacial score (nSPS) is 12.7. The number of para-hydroxylation sites is 2. The molecule has 0 aliphatic carbocycles. The van der Waals surface area contributed by atoms with Crippen molar-refractivity contribution in [3.05, 3.63) is 83.9 Å². The van der Waals surface area contributed by atoms with E-state index in [1.165, 1.54) is 16.7 Å². The summed E-state index contributed by atoms with van der Waals surface area (Å²) in [5.41, 5.74) is 2.10. The van der Waals surface area contributed by atoms with Crippen molar-refractivity contribution in [1.29, 1.82) is 0 Å². The van der Waals surface area contributed by atoms with Crippen LogP contribution in [0.3, 0.4) is 0 Å². The fourth-order valence-corrected chi connectivity index (χ4v) is 6.49. The van der Waals surface area contributed by atoms with Gasteiger partial charge in [-0.1, -0.05) is 50.2 Å². The molecule has 0 unspecified atom stereocenters. The van der Waals surface area contributed by atoms with E-state index >= 15 is 0 Å². The molecule has 0 saturated carbocycles. The highest BCUT2D eigenvalue weighted by Crippen LogP contribution is 2.33. The molecule has 0 heterocycles. The Morgan fingerprint density at radius 1 is 0.930 bits per heavy atom. The quantitative estimate of drug-likeness (QED) is 0.207. The molecular formula is C33H43N3O5S2. The number of amides is 2. The maximum Gasteiger partial charge on any atom is 0.264 e. The molecule has 3 aromatic rings. The zero-order valence-electron chi connectivity index (χ0n) is 25.9. The minimum atomic E-state index is -4.21. The largest absolute Gasteiger partial charge is 0.492 e. The SMILES string of the molecule is CCOc1ccccc1N(CC(=O)N(Cc1ccccc1C)[C@H](CC)C(=O)N[C@@H](C)CC)S(=O)(=O)c1ccc(SC)cc1. The number of hydrogen-bond acceptors (Lipinski definition) is 6. The van der Waals surface area contributed by atoms with Crippen molar-refractivity contribution in [2.75, 3.05) is 23.7 Å². The molecule has 1 N–H and O–H groups in total. The molecule has 0 radical (unpaired) electrons. The summed E-state index contributed by atoms with van der Waals surface area (Å²) < 4.78 is 35.4. The van der Waals surface area contributed by atoms with E-state index in [4.69, 9.17) is 4.74 Å². The molecule has 0 aliphatic rings. The molecule has 0 saturated heterocycles. The smallest absolute Gasteiger partial charge is 0.264 e. The van der Waals surface area contributed by atoms with Crippen molar-refractivity contribution in [2.24, 2.45) is 0 Å².